The van der Waals surface area contributed by atoms with Gasteiger partial charge in [-0.05, 0) is 31.2 Å². The molecule has 0 amide bonds. The Morgan fingerprint density at radius 1 is 1.24 bits per heavy atom. The molecule has 106 valence electrons. The van der Waals surface area contributed by atoms with Crippen LogP contribution in [-0.4, -0.2) is 16.0 Å². The summed E-state index contributed by atoms with van der Waals surface area (Å²) in [5.74, 6) is 1.69. The maximum Gasteiger partial charge on any atom is 0.283 e. The Kier molecular flexibility index (Phi) is 3.51. The van der Waals surface area contributed by atoms with Gasteiger partial charge in [0.25, 0.3) is 11.8 Å². The maximum atomic E-state index is 11.3. The lowest BCUT2D eigenvalue weighted by Gasteiger charge is -2.04. The zero-order valence-electron chi connectivity index (χ0n) is 11.3. The molecule has 1 aromatic carbocycles. The molecular formula is C15H12N2O4. The van der Waals surface area contributed by atoms with E-state index in [2.05, 4.69) is 10.2 Å². The first-order valence-corrected chi connectivity index (χ1v) is 6.32. The SMILES string of the molecule is CC(=O)c1cccc(OCc2nnc(-c3ccco3)o2)c1. The summed E-state index contributed by atoms with van der Waals surface area (Å²) in [5.41, 5.74) is 0.592. The molecule has 2 aromatic heterocycles. The Balaban J connectivity index is 1.68. The molecule has 0 saturated carbocycles. The van der Waals surface area contributed by atoms with E-state index in [1.54, 1.807) is 36.4 Å². The van der Waals surface area contributed by atoms with Crippen LogP contribution in [0.5, 0.6) is 5.75 Å². The second kappa shape index (κ2) is 5.62. The fourth-order valence-corrected chi connectivity index (χ4v) is 1.76. The van der Waals surface area contributed by atoms with Crippen molar-refractivity contribution in [1.29, 1.82) is 0 Å². The van der Waals surface area contributed by atoms with Crippen LogP contribution in [0.2, 0.25) is 0 Å². The van der Waals surface area contributed by atoms with Crippen LogP contribution in [0.15, 0.2) is 51.5 Å². The number of Topliss-reactive ketones (excluding diaryl/α,β-unsaturated/α-hetero) is 1. The third-order valence-electron chi connectivity index (χ3n) is 2.80. The number of carbonyl (C=O) groups excluding carboxylic acids is 1. The Labute approximate surface area is 120 Å². The first-order valence-electron chi connectivity index (χ1n) is 6.32. The predicted octanol–water partition coefficient (Wildman–Crippen LogP) is 3.11. The quantitative estimate of drug-likeness (QED) is 0.670. The molecule has 0 saturated heterocycles. The molecule has 0 bridgehead atoms. The van der Waals surface area contributed by atoms with E-state index < -0.39 is 0 Å². The fraction of sp³-hybridized carbons (Fsp3) is 0.133. The van der Waals surface area contributed by atoms with E-state index in [9.17, 15) is 4.79 Å². The molecule has 3 rings (SSSR count). The Bertz CT molecular complexity index is 747. The van der Waals surface area contributed by atoms with Crippen molar-refractivity contribution in [1.82, 2.24) is 10.2 Å². The Hall–Kier alpha value is -2.89. The van der Waals surface area contributed by atoms with Crippen LogP contribution in [-0.2, 0) is 6.61 Å². The molecule has 0 atom stereocenters. The molecule has 0 unspecified atom stereocenters. The average Bonchev–Trinajstić information content (AvgIpc) is 3.16. The normalized spacial score (nSPS) is 10.5. The summed E-state index contributed by atoms with van der Waals surface area (Å²) in [6.45, 7) is 1.63. The van der Waals surface area contributed by atoms with Gasteiger partial charge in [-0.25, -0.2) is 0 Å². The highest BCUT2D eigenvalue weighted by atomic mass is 16.5. The predicted molar refractivity (Wildman–Crippen MR) is 72.8 cm³/mol. The highest BCUT2D eigenvalue weighted by molar-refractivity contribution is 5.94. The van der Waals surface area contributed by atoms with E-state index in [-0.39, 0.29) is 12.4 Å². The lowest BCUT2D eigenvalue weighted by molar-refractivity contribution is 0.101. The summed E-state index contributed by atoms with van der Waals surface area (Å²) in [7, 11) is 0. The number of hydrogen-bond donors (Lipinski definition) is 0. The topological polar surface area (TPSA) is 78.4 Å². The third kappa shape index (κ3) is 3.00. The van der Waals surface area contributed by atoms with Crippen molar-refractivity contribution < 1.29 is 18.4 Å². The van der Waals surface area contributed by atoms with Crippen molar-refractivity contribution in [3.05, 3.63) is 54.1 Å². The van der Waals surface area contributed by atoms with E-state index in [0.29, 0.717) is 28.9 Å². The second-order valence-corrected chi connectivity index (χ2v) is 4.35. The number of benzene rings is 1. The number of carbonyl (C=O) groups is 1. The van der Waals surface area contributed by atoms with Crippen molar-refractivity contribution in [2.45, 2.75) is 13.5 Å². The van der Waals surface area contributed by atoms with Crippen LogP contribution in [0, 0.1) is 0 Å². The minimum atomic E-state index is -0.0154. The molecule has 2 heterocycles. The van der Waals surface area contributed by atoms with Gasteiger partial charge in [0.1, 0.15) is 5.75 Å². The van der Waals surface area contributed by atoms with E-state index in [4.69, 9.17) is 13.6 Å². The van der Waals surface area contributed by atoms with Gasteiger partial charge >= 0.3 is 0 Å². The Morgan fingerprint density at radius 3 is 2.90 bits per heavy atom. The molecular weight excluding hydrogens is 272 g/mol. The standard InChI is InChI=1S/C15H12N2O4/c1-10(18)11-4-2-5-12(8-11)20-9-14-16-17-15(21-14)13-6-3-7-19-13/h2-8H,9H2,1H3. The highest BCUT2D eigenvalue weighted by Crippen LogP contribution is 2.19. The largest absolute Gasteiger partial charge is 0.484 e. The number of ether oxygens (including phenoxy) is 1. The number of ketones is 1. The first-order chi connectivity index (χ1) is 10.2. The lowest BCUT2D eigenvalue weighted by atomic mass is 10.1. The monoisotopic (exact) mass is 284 g/mol. The van der Waals surface area contributed by atoms with Crippen LogP contribution in [0.25, 0.3) is 11.7 Å². The van der Waals surface area contributed by atoms with Crippen LogP contribution in [0.1, 0.15) is 23.2 Å². The van der Waals surface area contributed by atoms with Gasteiger partial charge in [0.15, 0.2) is 18.2 Å². The van der Waals surface area contributed by atoms with Crippen molar-refractivity contribution in [3.63, 3.8) is 0 Å². The van der Waals surface area contributed by atoms with Crippen LogP contribution < -0.4 is 4.74 Å². The number of hydrogen-bond acceptors (Lipinski definition) is 6. The Morgan fingerprint density at radius 2 is 2.14 bits per heavy atom. The summed E-state index contributed by atoms with van der Waals surface area (Å²) in [6.07, 6.45) is 1.53. The third-order valence-corrected chi connectivity index (χ3v) is 2.80. The van der Waals surface area contributed by atoms with Gasteiger partial charge < -0.3 is 13.6 Å². The fourth-order valence-electron chi connectivity index (χ4n) is 1.76. The van der Waals surface area contributed by atoms with Crippen molar-refractivity contribution in [2.24, 2.45) is 0 Å². The molecule has 0 aliphatic carbocycles. The molecule has 0 aliphatic rings. The minimum absolute atomic E-state index is 0.0154. The van der Waals surface area contributed by atoms with Crippen LogP contribution in [0.3, 0.4) is 0 Å². The van der Waals surface area contributed by atoms with Crippen molar-refractivity contribution in [2.75, 3.05) is 0 Å². The van der Waals surface area contributed by atoms with Gasteiger partial charge in [-0.1, -0.05) is 12.1 Å². The summed E-state index contributed by atoms with van der Waals surface area (Å²) in [4.78, 5) is 11.3. The van der Waals surface area contributed by atoms with E-state index in [0.717, 1.165) is 0 Å². The molecule has 3 aromatic rings. The van der Waals surface area contributed by atoms with Gasteiger partial charge in [0.05, 0.1) is 6.26 Å². The van der Waals surface area contributed by atoms with Gasteiger partial charge in [0, 0.05) is 5.56 Å². The smallest absolute Gasteiger partial charge is 0.283 e. The van der Waals surface area contributed by atoms with Crippen LogP contribution in [0.4, 0.5) is 0 Å². The second-order valence-electron chi connectivity index (χ2n) is 4.35. The maximum absolute atomic E-state index is 11.3. The van der Waals surface area contributed by atoms with Gasteiger partial charge in [-0.3, -0.25) is 4.79 Å². The number of rotatable bonds is 5. The van der Waals surface area contributed by atoms with Gasteiger partial charge in [-0.15, -0.1) is 10.2 Å². The summed E-state index contributed by atoms with van der Waals surface area (Å²) < 4.78 is 16.1. The molecule has 21 heavy (non-hydrogen) atoms. The lowest BCUT2D eigenvalue weighted by Crippen LogP contribution is -1.98. The van der Waals surface area contributed by atoms with Crippen molar-refractivity contribution in [3.8, 4) is 17.4 Å². The summed E-state index contributed by atoms with van der Waals surface area (Å²) in [6, 6.07) is 10.4. The molecule has 0 aliphatic heterocycles. The average molecular weight is 284 g/mol. The van der Waals surface area contributed by atoms with Crippen molar-refractivity contribution >= 4 is 5.78 Å². The van der Waals surface area contributed by atoms with E-state index >= 15 is 0 Å². The van der Waals surface area contributed by atoms with E-state index in [1.165, 1.54) is 13.2 Å². The molecule has 0 spiro atoms. The zero-order chi connectivity index (χ0) is 14.7. The number of aromatic nitrogens is 2. The molecule has 0 radical (unpaired) electrons. The zero-order valence-corrected chi connectivity index (χ0v) is 11.3. The molecule has 0 N–H and O–H groups in total. The first kappa shape index (κ1) is 13.1. The molecule has 6 nitrogen and oxygen atoms in total. The minimum Gasteiger partial charge on any atom is -0.484 e. The number of nitrogens with zero attached hydrogens (tertiary/aromatic N) is 2. The summed E-state index contributed by atoms with van der Waals surface area (Å²) >= 11 is 0. The van der Waals surface area contributed by atoms with E-state index in [1.807, 2.05) is 0 Å². The molecule has 6 heteroatoms. The van der Waals surface area contributed by atoms with Gasteiger partial charge in [-0.2, -0.15) is 0 Å². The van der Waals surface area contributed by atoms with Gasteiger partial charge in [0.2, 0.25) is 0 Å². The van der Waals surface area contributed by atoms with Crippen LogP contribution >= 0.6 is 0 Å². The molecule has 0 fully saturated rings. The summed E-state index contributed by atoms with van der Waals surface area (Å²) in [5, 5.41) is 7.75. The highest BCUT2D eigenvalue weighted by Gasteiger charge is 2.11. The number of furan rings is 1.